The Morgan fingerprint density at radius 1 is 1.67 bits per heavy atom. The molecule has 1 amide bonds. The number of likely N-dealkylation sites (N-methyl/N-ethyl adjacent to an activating group) is 1. The summed E-state index contributed by atoms with van der Waals surface area (Å²) < 4.78 is 2.61. The Morgan fingerprint density at radius 3 is 3.00 bits per heavy atom. The molecule has 96 valence electrons. The molecule has 2 rings (SSSR count). The molecule has 0 unspecified atom stereocenters. The fraction of sp³-hybridized carbons (Fsp3) is 0.364. The Kier molecular flexibility index (Phi) is 4.13. The molecule has 0 aliphatic rings. The van der Waals surface area contributed by atoms with Crippen molar-refractivity contribution >= 4 is 33.2 Å². The number of thiophene rings is 1. The molecule has 0 radical (unpaired) electrons. The van der Waals surface area contributed by atoms with Gasteiger partial charge in [-0.05, 0) is 28.9 Å². The van der Waals surface area contributed by atoms with Crippen molar-refractivity contribution < 1.29 is 4.79 Å². The summed E-state index contributed by atoms with van der Waals surface area (Å²) in [6.45, 7) is 2.42. The average molecular weight is 329 g/mol. The van der Waals surface area contributed by atoms with Crippen molar-refractivity contribution in [1.82, 2.24) is 19.7 Å². The van der Waals surface area contributed by atoms with Crippen LogP contribution in [0.4, 0.5) is 0 Å². The van der Waals surface area contributed by atoms with Crippen LogP contribution in [0.25, 0.3) is 0 Å². The Balaban J connectivity index is 2.00. The van der Waals surface area contributed by atoms with Gasteiger partial charge in [-0.1, -0.05) is 0 Å². The molecule has 0 aromatic carbocycles. The van der Waals surface area contributed by atoms with Gasteiger partial charge in [-0.2, -0.15) is 5.10 Å². The minimum Gasteiger partial charge on any atom is -0.339 e. The number of aromatic nitrogens is 3. The standard InChI is InChI=1S/C11H13BrN4OS/c1-8(16-7-13-6-14-16)11(17)15(2)4-10-3-9(12)5-18-10/h3,5-8H,4H2,1-2H3/t8-/m1/s1. The number of halogens is 1. The van der Waals surface area contributed by atoms with Crippen molar-refractivity contribution in [3.8, 4) is 0 Å². The zero-order valence-corrected chi connectivity index (χ0v) is 12.5. The van der Waals surface area contributed by atoms with Crippen LogP contribution in [0.2, 0.25) is 0 Å². The molecule has 7 heteroatoms. The first-order valence-electron chi connectivity index (χ1n) is 5.40. The lowest BCUT2D eigenvalue weighted by molar-refractivity contribution is -0.133. The normalized spacial score (nSPS) is 12.4. The molecule has 0 N–H and O–H groups in total. The number of hydrogen-bond acceptors (Lipinski definition) is 4. The maximum absolute atomic E-state index is 12.2. The van der Waals surface area contributed by atoms with E-state index in [0.717, 1.165) is 9.35 Å². The summed E-state index contributed by atoms with van der Waals surface area (Å²) in [5.41, 5.74) is 0. The highest BCUT2D eigenvalue weighted by Crippen LogP contribution is 2.21. The number of nitrogens with zero attached hydrogens (tertiary/aromatic N) is 4. The summed E-state index contributed by atoms with van der Waals surface area (Å²) in [6.07, 6.45) is 2.98. The highest BCUT2D eigenvalue weighted by atomic mass is 79.9. The summed E-state index contributed by atoms with van der Waals surface area (Å²) in [4.78, 5) is 18.9. The fourth-order valence-corrected chi connectivity index (χ4v) is 3.10. The number of carbonyl (C=O) groups is 1. The quantitative estimate of drug-likeness (QED) is 0.865. The molecule has 18 heavy (non-hydrogen) atoms. The second-order valence-corrected chi connectivity index (χ2v) is 5.89. The Bertz CT molecular complexity index is 525. The maximum atomic E-state index is 12.2. The molecule has 0 saturated carbocycles. The molecule has 2 aromatic rings. The third kappa shape index (κ3) is 2.97. The monoisotopic (exact) mass is 328 g/mol. The van der Waals surface area contributed by atoms with Gasteiger partial charge in [0.15, 0.2) is 0 Å². The average Bonchev–Trinajstić information content (AvgIpc) is 2.98. The number of carbonyl (C=O) groups excluding carboxylic acids is 1. The minimum absolute atomic E-state index is 0.0185. The van der Waals surface area contributed by atoms with Crippen LogP contribution >= 0.6 is 27.3 Å². The SMILES string of the molecule is C[C@H](C(=O)N(C)Cc1cc(Br)cs1)n1cncn1. The zero-order valence-electron chi connectivity index (χ0n) is 10.1. The van der Waals surface area contributed by atoms with Crippen LogP contribution in [0, 0.1) is 0 Å². The Labute approximate surface area is 118 Å². The summed E-state index contributed by atoms with van der Waals surface area (Å²) in [5, 5.41) is 5.99. The molecule has 0 spiro atoms. The van der Waals surface area contributed by atoms with Crippen LogP contribution in [0.5, 0.6) is 0 Å². The lowest BCUT2D eigenvalue weighted by atomic mass is 10.3. The van der Waals surface area contributed by atoms with E-state index in [2.05, 4.69) is 26.0 Å². The molecule has 2 heterocycles. The van der Waals surface area contributed by atoms with Crippen molar-refractivity contribution in [3.63, 3.8) is 0 Å². The van der Waals surface area contributed by atoms with Gasteiger partial charge in [0.1, 0.15) is 18.7 Å². The van der Waals surface area contributed by atoms with E-state index in [-0.39, 0.29) is 11.9 Å². The predicted molar refractivity (Wildman–Crippen MR) is 73.2 cm³/mol. The topological polar surface area (TPSA) is 51.0 Å². The molecular formula is C11H13BrN4OS. The third-order valence-electron chi connectivity index (χ3n) is 2.58. The lowest BCUT2D eigenvalue weighted by Crippen LogP contribution is -2.32. The molecule has 0 fully saturated rings. The highest BCUT2D eigenvalue weighted by Gasteiger charge is 2.20. The summed E-state index contributed by atoms with van der Waals surface area (Å²) in [7, 11) is 1.80. The van der Waals surface area contributed by atoms with E-state index in [1.165, 1.54) is 6.33 Å². The molecule has 5 nitrogen and oxygen atoms in total. The molecule has 0 aliphatic heterocycles. The molecule has 2 aromatic heterocycles. The molecular weight excluding hydrogens is 316 g/mol. The van der Waals surface area contributed by atoms with Crippen LogP contribution in [0.15, 0.2) is 28.6 Å². The highest BCUT2D eigenvalue weighted by molar-refractivity contribution is 9.10. The first kappa shape index (κ1) is 13.2. The summed E-state index contributed by atoms with van der Waals surface area (Å²) >= 11 is 5.03. The van der Waals surface area contributed by atoms with Crippen molar-refractivity contribution in [2.24, 2.45) is 0 Å². The van der Waals surface area contributed by atoms with Gasteiger partial charge >= 0.3 is 0 Å². The van der Waals surface area contributed by atoms with Crippen molar-refractivity contribution in [2.75, 3.05) is 7.05 Å². The van der Waals surface area contributed by atoms with Gasteiger partial charge in [-0.15, -0.1) is 11.3 Å². The Hall–Kier alpha value is -1.21. The van der Waals surface area contributed by atoms with E-state index in [9.17, 15) is 4.79 Å². The van der Waals surface area contributed by atoms with E-state index in [1.807, 2.05) is 18.4 Å². The number of hydrogen-bond donors (Lipinski definition) is 0. The van der Waals surface area contributed by atoms with Crippen molar-refractivity contribution in [1.29, 1.82) is 0 Å². The van der Waals surface area contributed by atoms with Gasteiger partial charge in [0.25, 0.3) is 0 Å². The zero-order chi connectivity index (χ0) is 13.1. The van der Waals surface area contributed by atoms with E-state index >= 15 is 0 Å². The molecule has 1 atom stereocenters. The van der Waals surface area contributed by atoms with Crippen LogP contribution in [0.1, 0.15) is 17.8 Å². The minimum atomic E-state index is -0.332. The number of amides is 1. The maximum Gasteiger partial charge on any atom is 0.247 e. The predicted octanol–water partition coefficient (Wildman–Crippen LogP) is 2.32. The van der Waals surface area contributed by atoms with Gasteiger partial charge in [0, 0.05) is 21.8 Å². The largest absolute Gasteiger partial charge is 0.339 e. The first-order valence-corrected chi connectivity index (χ1v) is 7.07. The van der Waals surface area contributed by atoms with Gasteiger partial charge in [-0.3, -0.25) is 4.79 Å². The van der Waals surface area contributed by atoms with Gasteiger partial charge in [-0.25, -0.2) is 9.67 Å². The van der Waals surface area contributed by atoms with Crippen LogP contribution < -0.4 is 0 Å². The second kappa shape index (κ2) is 5.62. The second-order valence-electron chi connectivity index (χ2n) is 3.98. The van der Waals surface area contributed by atoms with Crippen LogP contribution in [0.3, 0.4) is 0 Å². The van der Waals surface area contributed by atoms with Crippen LogP contribution in [-0.2, 0) is 11.3 Å². The lowest BCUT2D eigenvalue weighted by Gasteiger charge is -2.20. The van der Waals surface area contributed by atoms with E-state index < -0.39 is 0 Å². The van der Waals surface area contributed by atoms with Gasteiger partial charge in [0.05, 0.1) is 6.54 Å². The third-order valence-corrected chi connectivity index (χ3v) is 4.26. The summed E-state index contributed by atoms with van der Waals surface area (Å²) in [5.74, 6) is 0.0185. The first-order chi connectivity index (χ1) is 8.58. The van der Waals surface area contributed by atoms with E-state index in [1.54, 1.807) is 34.3 Å². The molecule has 0 aliphatic carbocycles. The summed E-state index contributed by atoms with van der Waals surface area (Å²) in [6, 6.07) is 1.69. The van der Waals surface area contributed by atoms with Gasteiger partial charge in [0.2, 0.25) is 5.91 Å². The van der Waals surface area contributed by atoms with E-state index in [4.69, 9.17) is 0 Å². The smallest absolute Gasteiger partial charge is 0.247 e. The van der Waals surface area contributed by atoms with Crippen molar-refractivity contribution in [3.05, 3.63) is 33.5 Å². The van der Waals surface area contributed by atoms with E-state index in [0.29, 0.717) is 6.54 Å². The van der Waals surface area contributed by atoms with Crippen LogP contribution in [-0.4, -0.2) is 32.6 Å². The van der Waals surface area contributed by atoms with Gasteiger partial charge < -0.3 is 4.90 Å². The fourth-order valence-electron chi connectivity index (χ4n) is 1.60. The Morgan fingerprint density at radius 2 is 2.44 bits per heavy atom. The molecule has 0 saturated heterocycles. The number of rotatable bonds is 4. The molecule has 0 bridgehead atoms. The van der Waals surface area contributed by atoms with Crippen molar-refractivity contribution in [2.45, 2.75) is 19.5 Å².